The second-order valence-corrected chi connectivity index (χ2v) is 10.8. The Bertz CT molecular complexity index is 857. The Morgan fingerprint density at radius 2 is 1.32 bits per heavy atom. The van der Waals surface area contributed by atoms with Crippen LogP contribution in [0.2, 0.25) is 0 Å². The number of rotatable bonds is 11. The van der Waals surface area contributed by atoms with Gasteiger partial charge in [-0.2, -0.15) is 0 Å². The molecular weight excluding hydrogens is 424 g/mol. The standard InChI is InChI=1S/C31H43F2N/c1-3-23-34(24-18-26-12-5-4-6-13-26)25(2)16-17-27-28(30(32)19-7-8-20-30)14-11-15-29(27)31(33)21-9-10-22-31/h4-6,11-15,25H,3,7-10,16-24H2,1-2H3. The highest BCUT2D eigenvalue weighted by Gasteiger charge is 2.42. The maximum atomic E-state index is 16.1. The zero-order valence-corrected chi connectivity index (χ0v) is 21.3. The Hall–Kier alpha value is -1.74. The first-order valence-corrected chi connectivity index (χ1v) is 13.7. The van der Waals surface area contributed by atoms with Crippen molar-refractivity contribution in [2.24, 2.45) is 0 Å². The summed E-state index contributed by atoms with van der Waals surface area (Å²) in [6, 6.07) is 16.9. The van der Waals surface area contributed by atoms with Gasteiger partial charge in [0, 0.05) is 12.6 Å². The van der Waals surface area contributed by atoms with Crippen molar-refractivity contribution in [3.63, 3.8) is 0 Å². The molecule has 34 heavy (non-hydrogen) atoms. The molecular formula is C31H43F2N. The van der Waals surface area contributed by atoms with Crippen molar-refractivity contribution < 1.29 is 8.78 Å². The minimum atomic E-state index is -1.28. The molecule has 2 aliphatic rings. The van der Waals surface area contributed by atoms with E-state index in [9.17, 15) is 0 Å². The van der Waals surface area contributed by atoms with Gasteiger partial charge in [0.05, 0.1) is 0 Å². The lowest BCUT2D eigenvalue weighted by molar-refractivity contribution is 0.161. The highest BCUT2D eigenvalue weighted by molar-refractivity contribution is 5.43. The third kappa shape index (κ3) is 5.73. The second-order valence-electron chi connectivity index (χ2n) is 10.8. The van der Waals surface area contributed by atoms with Gasteiger partial charge in [0.25, 0.3) is 0 Å². The average molecular weight is 468 g/mol. The van der Waals surface area contributed by atoms with Crippen LogP contribution in [0.3, 0.4) is 0 Å². The van der Waals surface area contributed by atoms with E-state index in [1.807, 2.05) is 18.2 Å². The van der Waals surface area contributed by atoms with Crippen molar-refractivity contribution in [3.05, 3.63) is 70.8 Å². The van der Waals surface area contributed by atoms with Gasteiger partial charge in [0.2, 0.25) is 0 Å². The predicted molar refractivity (Wildman–Crippen MR) is 139 cm³/mol. The van der Waals surface area contributed by atoms with Crippen LogP contribution in [0.1, 0.15) is 100 Å². The van der Waals surface area contributed by atoms with Crippen LogP contribution >= 0.6 is 0 Å². The van der Waals surface area contributed by atoms with Crippen molar-refractivity contribution >= 4 is 0 Å². The van der Waals surface area contributed by atoms with Crippen LogP contribution in [0, 0.1) is 0 Å². The van der Waals surface area contributed by atoms with Gasteiger partial charge in [-0.25, -0.2) is 8.78 Å². The molecule has 0 bridgehead atoms. The highest BCUT2D eigenvalue weighted by atomic mass is 19.1. The largest absolute Gasteiger partial charge is 0.300 e. The zero-order chi connectivity index (χ0) is 24.0. The quantitative estimate of drug-likeness (QED) is 0.320. The average Bonchev–Trinajstić information content (AvgIpc) is 3.50. The molecule has 2 saturated carbocycles. The van der Waals surface area contributed by atoms with Crippen LogP contribution in [0.5, 0.6) is 0 Å². The summed E-state index contributed by atoms with van der Waals surface area (Å²) >= 11 is 0. The number of nitrogens with zero attached hydrogens (tertiary/aromatic N) is 1. The summed E-state index contributed by atoms with van der Waals surface area (Å²) in [6.07, 6.45) is 9.89. The molecule has 186 valence electrons. The van der Waals surface area contributed by atoms with E-state index in [0.717, 1.165) is 81.1 Å². The molecule has 2 aromatic rings. The lowest BCUT2D eigenvalue weighted by Gasteiger charge is -2.32. The van der Waals surface area contributed by atoms with Crippen molar-refractivity contribution in [2.75, 3.05) is 13.1 Å². The highest BCUT2D eigenvalue weighted by Crippen LogP contribution is 2.49. The van der Waals surface area contributed by atoms with Gasteiger partial charge in [0.15, 0.2) is 0 Å². The summed E-state index contributed by atoms with van der Waals surface area (Å²) in [5.74, 6) is 0. The summed E-state index contributed by atoms with van der Waals surface area (Å²) in [5.41, 5.74) is 1.39. The van der Waals surface area contributed by atoms with E-state index in [-0.39, 0.29) is 0 Å². The van der Waals surface area contributed by atoms with E-state index in [4.69, 9.17) is 0 Å². The lowest BCUT2D eigenvalue weighted by atomic mass is 9.80. The van der Waals surface area contributed by atoms with E-state index < -0.39 is 11.3 Å². The minimum absolute atomic E-state index is 0.378. The molecule has 4 rings (SSSR count). The van der Waals surface area contributed by atoms with Crippen LogP contribution in [-0.4, -0.2) is 24.0 Å². The summed E-state index contributed by atoms with van der Waals surface area (Å²) in [4.78, 5) is 2.57. The topological polar surface area (TPSA) is 3.24 Å². The summed E-state index contributed by atoms with van der Waals surface area (Å²) < 4.78 is 32.2. The number of alkyl halides is 2. The molecule has 0 radical (unpaired) electrons. The maximum absolute atomic E-state index is 16.1. The number of hydrogen-bond donors (Lipinski definition) is 0. The molecule has 1 atom stereocenters. The van der Waals surface area contributed by atoms with Crippen LogP contribution in [0.25, 0.3) is 0 Å². The number of benzene rings is 2. The van der Waals surface area contributed by atoms with Crippen molar-refractivity contribution in [1.29, 1.82) is 0 Å². The number of halogens is 2. The van der Waals surface area contributed by atoms with E-state index in [0.29, 0.717) is 31.7 Å². The van der Waals surface area contributed by atoms with Gasteiger partial charge in [-0.3, -0.25) is 0 Å². The summed E-state index contributed by atoms with van der Waals surface area (Å²) in [6.45, 7) is 6.61. The molecule has 0 aliphatic heterocycles. The molecule has 1 unspecified atom stereocenters. The maximum Gasteiger partial charge on any atom is 0.136 e. The molecule has 0 aromatic heterocycles. The van der Waals surface area contributed by atoms with Gasteiger partial charge in [-0.15, -0.1) is 0 Å². The normalized spacial score (nSPS) is 20.1. The Morgan fingerprint density at radius 3 is 1.85 bits per heavy atom. The Kier molecular flexibility index (Phi) is 8.45. The minimum Gasteiger partial charge on any atom is -0.300 e. The SMILES string of the molecule is CCCN(CCc1ccccc1)C(C)CCc1c(C2(F)CCCC2)cccc1C1(F)CCCC1. The fraction of sp³-hybridized carbons (Fsp3) is 0.613. The molecule has 3 heteroatoms. The van der Waals surface area contributed by atoms with Crippen molar-refractivity contribution in [1.82, 2.24) is 4.90 Å². The first-order chi connectivity index (χ1) is 16.5. The van der Waals surface area contributed by atoms with Gasteiger partial charge >= 0.3 is 0 Å². The van der Waals surface area contributed by atoms with Crippen molar-refractivity contribution in [2.45, 2.75) is 108 Å². The third-order valence-electron chi connectivity index (χ3n) is 8.41. The molecule has 0 amide bonds. The van der Waals surface area contributed by atoms with Crippen LogP contribution < -0.4 is 0 Å². The van der Waals surface area contributed by atoms with Crippen molar-refractivity contribution in [3.8, 4) is 0 Å². The van der Waals surface area contributed by atoms with Gasteiger partial charge in [-0.05, 0) is 113 Å². The molecule has 0 heterocycles. The van der Waals surface area contributed by atoms with E-state index >= 15 is 8.78 Å². The molecule has 2 aliphatic carbocycles. The van der Waals surface area contributed by atoms with Gasteiger partial charge in [-0.1, -0.05) is 55.5 Å². The van der Waals surface area contributed by atoms with E-state index in [1.165, 1.54) is 5.56 Å². The first-order valence-electron chi connectivity index (χ1n) is 13.7. The second kappa shape index (κ2) is 11.3. The first kappa shape index (κ1) is 25.4. The smallest absolute Gasteiger partial charge is 0.136 e. The Labute approximate surface area is 206 Å². The van der Waals surface area contributed by atoms with E-state index in [2.05, 4.69) is 49.1 Å². The van der Waals surface area contributed by atoms with Crippen LogP contribution in [-0.2, 0) is 24.2 Å². The van der Waals surface area contributed by atoms with Gasteiger partial charge in [0.1, 0.15) is 11.3 Å². The lowest BCUT2D eigenvalue weighted by Crippen LogP contribution is -2.36. The fourth-order valence-corrected chi connectivity index (χ4v) is 6.40. The summed E-state index contributed by atoms with van der Waals surface area (Å²) in [7, 11) is 0. The monoisotopic (exact) mass is 467 g/mol. The molecule has 0 saturated heterocycles. The molecule has 1 nitrogen and oxygen atoms in total. The predicted octanol–water partition coefficient (Wildman–Crippen LogP) is 8.44. The zero-order valence-electron chi connectivity index (χ0n) is 21.3. The van der Waals surface area contributed by atoms with Gasteiger partial charge < -0.3 is 4.90 Å². The number of hydrogen-bond acceptors (Lipinski definition) is 1. The molecule has 0 spiro atoms. The molecule has 2 fully saturated rings. The van der Waals surface area contributed by atoms with E-state index in [1.54, 1.807) is 0 Å². The summed E-state index contributed by atoms with van der Waals surface area (Å²) in [5, 5.41) is 0. The Morgan fingerprint density at radius 1 is 0.765 bits per heavy atom. The molecule has 2 aromatic carbocycles. The Balaban J connectivity index is 1.54. The fourth-order valence-electron chi connectivity index (χ4n) is 6.40. The van der Waals surface area contributed by atoms with Crippen LogP contribution in [0.4, 0.5) is 8.78 Å². The van der Waals surface area contributed by atoms with Crippen LogP contribution in [0.15, 0.2) is 48.5 Å². The molecule has 0 N–H and O–H groups in total. The third-order valence-corrected chi connectivity index (χ3v) is 8.41.